The Bertz CT molecular complexity index is 360. The maximum absolute atomic E-state index is 3.89. The van der Waals surface area contributed by atoms with E-state index in [2.05, 4.69) is 36.6 Å². The van der Waals surface area contributed by atoms with Crippen LogP contribution in [0.25, 0.3) is 10.8 Å². The van der Waals surface area contributed by atoms with Gasteiger partial charge in [-0.25, -0.2) is 0 Å². The topological polar surface area (TPSA) is 0 Å². The molecular weight excluding hydrogens is 152 g/mol. The lowest BCUT2D eigenvalue weighted by molar-refractivity contribution is 1.37. The lowest BCUT2D eigenvalue weighted by Gasteiger charge is -1.90. The van der Waals surface area contributed by atoms with E-state index in [0.29, 0.717) is 0 Å². The first kappa shape index (κ1) is 6.86. The van der Waals surface area contributed by atoms with Gasteiger partial charge in [-0.2, -0.15) is 0 Å². The highest BCUT2D eigenvalue weighted by Gasteiger charge is 1.98. The highest BCUT2D eigenvalue weighted by Crippen LogP contribution is 2.25. The van der Waals surface area contributed by atoms with Crippen LogP contribution in [-0.2, 0) is 6.42 Å². The van der Waals surface area contributed by atoms with Crippen molar-refractivity contribution < 1.29 is 0 Å². The molecule has 0 amide bonds. The third-order valence-electron chi connectivity index (χ3n) is 1.82. The molecule has 1 heterocycles. The van der Waals surface area contributed by atoms with Crippen molar-refractivity contribution >= 4 is 22.1 Å². The van der Waals surface area contributed by atoms with Gasteiger partial charge in [0, 0.05) is 4.88 Å². The molecule has 0 aliphatic carbocycles. The number of rotatable bonds is 1. The molecule has 0 fully saturated rings. The third kappa shape index (κ3) is 1.05. The minimum Gasteiger partial charge on any atom is -0.148 e. The van der Waals surface area contributed by atoms with Crippen LogP contribution in [0.2, 0.25) is 0 Å². The largest absolute Gasteiger partial charge is 0.148 e. The van der Waals surface area contributed by atoms with Gasteiger partial charge in [0.15, 0.2) is 0 Å². The van der Waals surface area contributed by atoms with Crippen molar-refractivity contribution in [3.63, 3.8) is 0 Å². The van der Waals surface area contributed by atoms with Crippen LogP contribution in [0.15, 0.2) is 29.6 Å². The molecule has 0 saturated carbocycles. The Morgan fingerprint density at radius 2 is 2.09 bits per heavy atom. The predicted molar refractivity (Wildman–Crippen MR) is 50.9 cm³/mol. The zero-order valence-corrected chi connectivity index (χ0v) is 7.03. The molecule has 0 bridgehead atoms. The fraction of sp³-hybridized carbons (Fsp3) is 0.100. The first-order valence-electron chi connectivity index (χ1n) is 3.66. The van der Waals surface area contributed by atoms with Crippen LogP contribution in [0, 0.1) is 6.92 Å². The smallest absolute Gasteiger partial charge is 0.0124 e. The zero-order chi connectivity index (χ0) is 7.68. The first-order valence-corrected chi connectivity index (χ1v) is 4.54. The molecule has 11 heavy (non-hydrogen) atoms. The minimum atomic E-state index is 0.901. The van der Waals surface area contributed by atoms with Crippen molar-refractivity contribution in [3.8, 4) is 0 Å². The van der Waals surface area contributed by atoms with Crippen LogP contribution >= 0.6 is 11.3 Å². The normalized spacial score (nSPS) is 10.6. The summed E-state index contributed by atoms with van der Waals surface area (Å²) in [6.07, 6.45) is 0.901. The summed E-state index contributed by atoms with van der Waals surface area (Å²) < 4.78 is 0. The van der Waals surface area contributed by atoms with E-state index in [1.165, 1.54) is 15.6 Å². The van der Waals surface area contributed by atoms with E-state index in [0.717, 1.165) is 6.42 Å². The second-order valence-corrected chi connectivity index (χ2v) is 3.46. The summed E-state index contributed by atoms with van der Waals surface area (Å²) >= 11 is 1.80. The van der Waals surface area contributed by atoms with Crippen LogP contribution in [0.1, 0.15) is 4.88 Å². The summed E-state index contributed by atoms with van der Waals surface area (Å²) in [4.78, 5) is 1.39. The third-order valence-corrected chi connectivity index (χ3v) is 2.90. The summed E-state index contributed by atoms with van der Waals surface area (Å²) in [5, 5.41) is 4.90. The number of fused-ring (bicyclic) bond motifs is 1. The standard InChI is InChI=1S/C10H9S/c1-2-10-9-6-4-3-5-8(9)7-11-10/h3-7H,1-2H2. The molecule has 1 aromatic heterocycles. The quantitative estimate of drug-likeness (QED) is 0.602. The fourth-order valence-corrected chi connectivity index (χ4v) is 2.15. The SMILES string of the molecule is [CH2]Cc1scc2ccccc12. The highest BCUT2D eigenvalue weighted by atomic mass is 32.1. The molecule has 1 heteroatoms. The average molecular weight is 161 g/mol. The molecule has 1 radical (unpaired) electrons. The van der Waals surface area contributed by atoms with E-state index >= 15 is 0 Å². The molecule has 0 aliphatic rings. The summed E-state index contributed by atoms with van der Waals surface area (Å²) in [6, 6.07) is 8.45. The zero-order valence-electron chi connectivity index (χ0n) is 6.21. The lowest BCUT2D eigenvalue weighted by atomic mass is 10.2. The number of hydrogen-bond donors (Lipinski definition) is 0. The number of thiophene rings is 1. The summed E-state index contributed by atoms with van der Waals surface area (Å²) in [5.41, 5.74) is 0. The van der Waals surface area contributed by atoms with Gasteiger partial charge in [0.2, 0.25) is 0 Å². The minimum absolute atomic E-state index is 0.901. The van der Waals surface area contributed by atoms with E-state index in [-0.39, 0.29) is 0 Å². The van der Waals surface area contributed by atoms with Crippen molar-refractivity contribution in [1.29, 1.82) is 0 Å². The van der Waals surface area contributed by atoms with Crippen molar-refractivity contribution in [2.75, 3.05) is 0 Å². The van der Waals surface area contributed by atoms with E-state index in [9.17, 15) is 0 Å². The van der Waals surface area contributed by atoms with Gasteiger partial charge in [-0.1, -0.05) is 24.3 Å². The van der Waals surface area contributed by atoms with Gasteiger partial charge < -0.3 is 0 Å². The molecule has 55 valence electrons. The van der Waals surface area contributed by atoms with Crippen molar-refractivity contribution in [1.82, 2.24) is 0 Å². The van der Waals surface area contributed by atoms with Gasteiger partial charge in [-0.05, 0) is 29.5 Å². The predicted octanol–water partition coefficient (Wildman–Crippen LogP) is 3.28. The molecule has 0 saturated heterocycles. The summed E-state index contributed by atoms with van der Waals surface area (Å²) in [7, 11) is 0. The van der Waals surface area contributed by atoms with E-state index in [4.69, 9.17) is 0 Å². The molecule has 0 aliphatic heterocycles. The summed E-state index contributed by atoms with van der Waals surface area (Å²) in [6.45, 7) is 3.89. The van der Waals surface area contributed by atoms with Crippen LogP contribution in [-0.4, -0.2) is 0 Å². The Morgan fingerprint density at radius 1 is 1.27 bits per heavy atom. The Morgan fingerprint density at radius 3 is 2.91 bits per heavy atom. The molecule has 0 spiro atoms. The van der Waals surface area contributed by atoms with Crippen LogP contribution in [0.3, 0.4) is 0 Å². The van der Waals surface area contributed by atoms with Crippen molar-refractivity contribution in [2.24, 2.45) is 0 Å². The Labute approximate surface area is 70.5 Å². The molecule has 0 N–H and O–H groups in total. The van der Waals surface area contributed by atoms with E-state index in [1.807, 2.05) is 0 Å². The molecule has 0 unspecified atom stereocenters. The van der Waals surface area contributed by atoms with Gasteiger partial charge in [-0.15, -0.1) is 11.3 Å². The van der Waals surface area contributed by atoms with Crippen LogP contribution in [0.4, 0.5) is 0 Å². The Balaban J connectivity index is 2.76. The number of benzene rings is 1. The van der Waals surface area contributed by atoms with Gasteiger partial charge in [0.1, 0.15) is 0 Å². The lowest BCUT2D eigenvalue weighted by Crippen LogP contribution is -1.71. The second-order valence-electron chi connectivity index (χ2n) is 2.50. The maximum atomic E-state index is 3.89. The van der Waals surface area contributed by atoms with Crippen LogP contribution in [0.5, 0.6) is 0 Å². The van der Waals surface area contributed by atoms with Crippen LogP contribution < -0.4 is 0 Å². The molecule has 0 nitrogen and oxygen atoms in total. The second kappa shape index (κ2) is 2.67. The Hall–Kier alpha value is -0.820. The van der Waals surface area contributed by atoms with Gasteiger partial charge >= 0.3 is 0 Å². The van der Waals surface area contributed by atoms with Gasteiger partial charge in [0.05, 0.1) is 0 Å². The van der Waals surface area contributed by atoms with Gasteiger partial charge in [-0.3, -0.25) is 0 Å². The summed E-state index contributed by atoms with van der Waals surface area (Å²) in [5.74, 6) is 0. The van der Waals surface area contributed by atoms with Crippen molar-refractivity contribution in [3.05, 3.63) is 41.4 Å². The first-order chi connectivity index (χ1) is 5.42. The monoisotopic (exact) mass is 161 g/mol. The highest BCUT2D eigenvalue weighted by molar-refractivity contribution is 7.11. The van der Waals surface area contributed by atoms with Crippen molar-refractivity contribution in [2.45, 2.75) is 6.42 Å². The Kier molecular flexibility index (Phi) is 1.66. The average Bonchev–Trinajstić information content (AvgIpc) is 2.47. The molecule has 1 aromatic carbocycles. The number of hydrogen-bond acceptors (Lipinski definition) is 1. The molecule has 2 rings (SSSR count). The van der Waals surface area contributed by atoms with E-state index < -0.39 is 0 Å². The fourth-order valence-electron chi connectivity index (χ4n) is 1.25. The van der Waals surface area contributed by atoms with E-state index in [1.54, 1.807) is 11.3 Å². The maximum Gasteiger partial charge on any atom is 0.0124 e. The molecule has 2 aromatic rings. The van der Waals surface area contributed by atoms with Gasteiger partial charge in [0.25, 0.3) is 0 Å². The molecular formula is C10H9S. The molecule has 0 atom stereocenters.